The summed E-state index contributed by atoms with van der Waals surface area (Å²) in [5.41, 5.74) is 10.2. The minimum atomic E-state index is -4.94. The van der Waals surface area contributed by atoms with Crippen molar-refractivity contribution in [3.05, 3.63) is 6.07 Å². The van der Waals surface area contributed by atoms with E-state index >= 15 is 0 Å². The standard InChI is InChI=1S/C6H6F3N3O2/c7-6(8,9)14-5-3(13)1-2(10)4(11)12-5/h1,13H,10H2,(H2,11,12). The summed E-state index contributed by atoms with van der Waals surface area (Å²) in [4.78, 5) is 3.12. The molecule has 5 N–H and O–H groups in total. The van der Waals surface area contributed by atoms with Gasteiger partial charge in [0.1, 0.15) is 0 Å². The minimum Gasteiger partial charge on any atom is -0.503 e. The molecule has 5 nitrogen and oxygen atoms in total. The highest BCUT2D eigenvalue weighted by atomic mass is 19.4. The van der Waals surface area contributed by atoms with Crippen LogP contribution in [0, 0.1) is 0 Å². The Balaban J connectivity index is 3.04. The molecule has 78 valence electrons. The van der Waals surface area contributed by atoms with Gasteiger partial charge in [-0.15, -0.1) is 13.2 Å². The summed E-state index contributed by atoms with van der Waals surface area (Å²) in [7, 11) is 0. The van der Waals surface area contributed by atoms with Gasteiger partial charge in [0.2, 0.25) is 0 Å². The van der Waals surface area contributed by atoms with E-state index in [1.165, 1.54) is 0 Å². The number of nitrogens with two attached hydrogens (primary N) is 2. The van der Waals surface area contributed by atoms with Crippen LogP contribution in [0.4, 0.5) is 24.7 Å². The first kappa shape index (κ1) is 10.2. The molecule has 1 aromatic rings. The number of ether oxygens (including phenoxy) is 1. The maximum absolute atomic E-state index is 11.7. The third-order valence-electron chi connectivity index (χ3n) is 1.24. The number of anilines is 2. The fraction of sp³-hybridized carbons (Fsp3) is 0.167. The molecule has 1 rings (SSSR count). The maximum Gasteiger partial charge on any atom is 0.574 e. The van der Waals surface area contributed by atoms with Gasteiger partial charge in [-0.2, -0.15) is 4.98 Å². The molecule has 0 aliphatic carbocycles. The molecule has 0 aliphatic heterocycles. The molecule has 0 saturated carbocycles. The van der Waals surface area contributed by atoms with Crippen molar-refractivity contribution in [3.63, 3.8) is 0 Å². The summed E-state index contributed by atoms with van der Waals surface area (Å²) in [5, 5.41) is 8.96. The molecule has 1 aromatic heterocycles. The van der Waals surface area contributed by atoms with Gasteiger partial charge >= 0.3 is 6.36 Å². The Morgan fingerprint density at radius 1 is 1.36 bits per heavy atom. The lowest BCUT2D eigenvalue weighted by atomic mass is 10.4. The molecule has 0 amide bonds. The molecule has 0 aliphatic rings. The molecule has 0 aromatic carbocycles. The fourth-order valence-corrected chi connectivity index (χ4v) is 0.699. The Bertz CT molecular complexity index is 353. The van der Waals surface area contributed by atoms with Crippen molar-refractivity contribution in [1.29, 1.82) is 0 Å². The molecule has 0 saturated heterocycles. The van der Waals surface area contributed by atoms with Crippen LogP contribution in [-0.2, 0) is 0 Å². The van der Waals surface area contributed by atoms with E-state index in [9.17, 15) is 13.2 Å². The van der Waals surface area contributed by atoms with Crippen molar-refractivity contribution in [2.45, 2.75) is 6.36 Å². The minimum absolute atomic E-state index is 0.128. The van der Waals surface area contributed by atoms with Gasteiger partial charge in [0.05, 0.1) is 5.69 Å². The van der Waals surface area contributed by atoms with E-state index in [4.69, 9.17) is 16.6 Å². The number of rotatable bonds is 1. The van der Waals surface area contributed by atoms with Gasteiger partial charge in [-0.3, -0.25) is 0 Å². The van der Waals surface area contributed by atoms with Crippen molar-refractivity contribution < 1.29 is 23.0 Å². The van der Waals surface area contributed by atoms with Crippen molar-refractivity contribution in [2.75, 3.05) is 11.5 Å². The summed E-state index contributed by atoms with van der Waals surface area (Å²) in [6.07, 6.45) is -4.94. The molecule has 8 heteroatoms. The lowest BCUT2D eigenvalue weighted by molar-refractivity contribution is -0.276. The first-order chi connectivity index (χ1) is 6.29. The number of alkyl halides is 3. The van der Waals surface area contributed by atoms with E-state index < -0.39 is 18.0 Å². The molecule has 1 heterocycles. The number of halogens is 3. The largest absolute Gasteiger partial charge is 0.574 e. The van der Waals surface area contributed by atoms with Crippen molar-refractivity contribution >= 4 is 11.5 Å². The number of hydrogen-bond acceptors (Lipinski definition) is 5. The van der Waals surface area contributed by atoms with Crippen LogP contribution in [0.25, 0.3) is 0 Å². The van der Waals surface area contributed by atoms with Crippen molar-refractivity contribution in [3.8, 4) is 11.6 Å². The second-order valence-electron chi connectivity index (χ2n) is 2.33. The predicted octanol–water partition coefficient (Wildman–Crippen LogP) is 0.850. The average Bonchev–Trinajstić information content (AvgIpc) is 1.97. The zero-order chi connectivity index (χ0) is 10.9. The molecular formula is C6H6F3N3O2. The highest BCUT2D eigenvalue weighted by Gasteiger charge is 2.33. The van der Waals surface area contributed by atoms with Gasteiger partial charge in [-0.05, 0) is 0 Å². The first-order valence-electron chi connectivity index (χ1n) is 3.30. The van der Waals surface area contributed by atoms with Crippen molar-refractivity contribution in [1.82, 2.24) is 4.98 Å². The van der Waals surface area contributed by atoms with Crippen LogP contribution in [-0.4, -0.2) is 16.5 Å². The van der Waals surface area contributed by atoms with Crippen LogP contribution >= 0.6 is 0 Å². The van der Waals surface area contributed by atoms with Crippen LogP contribution < -0.4 is 16.2 Å². The Hall–Kier alpha value is -1.86. The second-order valence-corrected chi connectivity index (χ2v) is 2.33. The van der Waals surface area contributed by atoms with Crippen LogP contribution in [0.2, 0.25) is 0 Å². The van der Waals surface area contributed by atoms with Gasteiger partial charge in [-0.25, -0.2) is 0 Å². The molecule has 0 unspecified atom stereocenters. The number of nitrogen functional groups attached to an aromatic ring is 2. The summed E-state index contributed by atoms with van der Waals surface area (Å²) in [6, 6.07) is 0.823. The second kappa shape index (κ2) is 3.13. The van der Waals surface area contributed by atoms with Gasteiger partial charge in [-0.1, -0.05) is 0 Å². The van der Waals surface area contributed by atoms with E-state index in [0.29, 0.717) is 0 Å². The van der Waals surface area contributed by atoms with Crippen LogP contribution in [0.15, 0.2) is 6.07 Å². The van der Waals surface area contributed by atoms with Crippen LogP contribution in [0.1, 0.15) is 0 Å². The fourth-order valence-electron chi connectivity index (χ4n) is 0.699. The average molecular weight is 209 g/mol. The van der Waals surface area contributed by atoms with Crippen molar-refractivity contribution in [2.24, 2.45) is 0 Å². The third kappa shape index (κ3) is 2.31. The predicted molar refractivity (Wildman–Crippen MR) is 41.4 cm³/mol. The number of hydrogen-bond donors (Lipinski definition) is 3. The third-order valence-corrected chi connectivity index (χ3v) is 1.24. The molecule has 0 radical (unpaired) electrons. The number of aromatic nitrogens is 1. The monoisotopic (exact) mass is 209 g/mol. The maximum atomic E-state index is 11.7. The zero-order valence-corrected chi connectivity index (χ0v) is 6.67. The van der Waals surface area contributed by atoms with E-state index in [2.05, 4.69) is 9.72 Å². The zero-order valence-electron chi connectivity index (χ0n) is 6.67. The molecule has 0 spiro atoms. The number of pyridine rings is 1. The molecule has 0 atom stereocenters. The Morgan fingerprint density at radius 2 is 1.93 bits per heavy atom. The summed E-state index contributed by atoms with van der Waals surface area (Å²) >= 11 is 0. The van der Waals surface area contributed by atoms with E-state index in [1.807, 2.05) is 0 Å². The first-order valence-corrected chi connectivity index (χ1v) is 3.30. The topological polar surface area (TPSA) is 94.4 Å². The van der Waals surface area contributed by atoms with Gasteiger partial charge < -0.3 is 21.3 Å². The van der Waals surface area contributed by atoms with Gasteiger partial charge in [0.15, 0.2) is 11.6 Å². The Kier molecular flexibility index (Phi) is 2.28. The normalized spacial score (nSPS) is 11.4. The summed E-state index contributed by atoms with van der Waals surface area (Å²) in [5.74, 6) is -2.19. The SMILES string of the molecule is Nc1cc(O)c(OC(F)(F)F)nc1N. The van der Waals surface area contributed by atoms with Crippen LogP contribution in [0.5, 0.6) is 11.6 Å². The highest BCUT2D eigenvalue weighted by Crippen LogP contribution is 2.32. The Labute approximate surface area is 76.1 Å². The van der Waals surface area contributed by atoms with Gasteiger partial charge in [0.25, 0.3) is 5.88 Å². The molecule has 0 fully saturated rings. The summed E-state index contributed by atoms with van der Waals surface area (Å²) in [6.45, 7) is 0. The van der Waals surface area contributed by atoms with Crippen LogP contribution in [0.3, 0.4) is 0 Å². The van der Waals surface area contributed by atoms with E-state index in [-0.39, 0.29) is 11.5 Å². The lowest BCUT2D eigenvalue weighted by Crippen LogP contribution is -2.18. The van der Waals surface area contributed by atoms with E-state index in [1.54, 1.807) is 0 Å². The van der Waals surface area contributed by atoms with Gasteiger partial charge in [0, 0.05) is 6.07 Å². The number of aromatic hydroxyl groups is 1. The Morgan fingerprint density at radius 3 is 2.43 bits per heavy atom. The molecule has 0 bridgehead atoms. The highest BCUT2D eigenvalue weighted by molar-refractivity contribution is 5.62. The van der Waals surface area contributed by atoms with E-state index in [0.717, 1.165) is 6.07 Å². The molecular weight excluding hydrogens is 203 g/mol. The smallest absolute Gasteiger partial charge is 0.503 e. The quantitative estimate of drug-likeness (QED) is 0.637. The molecule has 14 heavy (non-hydrogen) atoms. The summed E-state index contributed by atoms with van der Waals surface area (Å²) < 4.78 is 38.5. The lowest BCUT2D eigenvalue weighted by Gasteiger charge is -2.10. The number of nitrogens with zero attached hydrogens (tertiary/aromatic N) is 1.